The Labute approximate surface area is 112 Å². The van der Waals surface area contributed by atoms with Crippen molar-refractivity contribution in [2.45, 2.75) is 0 Å². The van der Waals surface area contributed by atoms with Crippen LogP contribution in [0.4, 0.5) is 5.69 Å². The Bertz CT molecular complexity index is 533. The van der Waals surface area contributed by atoms with Crippen molar-refractivity contribution in [3.63, 3.8) is 0 Å². The van der Waals surface area contributed by atoms with Crippen molar-refractivity contribution < 1.29 is 9.47 Å². The minimum atomic E-state index is 0.824. The van der Waals surface area contributed by atoms with E-state index in [4.69, 9.17) is 9.47 Å². The van der Waals surface area contributed by atoms with Gasteiger partial charge in [-0.25, -0.2) is 0 Å². The molecule has 2 aromatic carbocycles. The van der Waals surface area contributed by atoms with Gasteiger partial charge in [0.05, 0.1) is 26.1 Å². The fourth-order valence-electron chi connectivity index (χ4n) is 1.54. The summed E-state index contributed by atoms with van der Waals surface area (Å²) in [6, 6.07) is 15.3. The minimum Gasteiger partial charge on any atom is -0.497 e. The number of nitrogens with one attached hydrogen (secondary N) is 1. The Kier molecular flexibility index (Phi) is 4.39. The van der Waals surface area contributed by atoms with Crippen LogP contribution >= 0.6 is 0 Å². The summed E-state index contributed by atoms with van der Waals surface area (Å²) >= 11 is 0. The molecule has 0 aromatic heterocycles. The molecule has 0 bridgehead atoms. The topological polar surface area (TPSA) is 42.8 Å². The van der Waals surface area contributed by atoms with Gasteiger partial charge >= 0.3 is 0 Å². The Morgan fingerprint density at radius 2 is 1.37 bits per heavy atom. The summed E-state index contributed by atoms with van der Waals surface area (Å²) in [7, 11) is 3.29. The molecule has 0 fully saturated rings. The highest BCUT2D eigenvalue weighted by Gasteiger charge is 1.92. The third kappa shape index (κ3) is 3.74. The van der Waals surface area contributed by atoms with Gasteiger partial charge in [0.1, 0.15) is 11.5 Å². The van der Waals surface area contributed by atoms with E-state index in [1.54, 1.807) is 20.4 Å². The van der Waals surface area contributed by atoms with Crippen LogP contribution in [0.2, 0.25) is 0 Å². The van der Waals surface area contributed by atoms with E-state index in [1.807, 2.05) is 48.5 Å². The Hall–Kier alpha value is -2.49. The smallest absolute Gasteiger partial charge is 0.119 e. The van der Waals surface area contributed by atoms with Crippen LogP contribution in [0.15, 0.2) is 53.6 Å². The first kappa shape index (κ1) is 13.0. The van der Waals surface area contributed by atoms with Gasteiger partial charge in [-0.15, -0.1) is 0 Å². The molecule has 0 atom stereocenters. The molecule has 0 heterocycles. The third-order valence-electron chi connectivity index (χ3n) is 2.61. The van der Waals surface area contributed by atoms with E-state index < -0.39 is 0 Å². The molecule has 19 heavy (non-hydrogen) atoms. The molecule has 2 rings (SSSR count). The molecule has 0 spiro atoms. The number of rotatable bonds is 5. The maximum atomic E-state index is 5.09. The van der Waals surface area contributed by atoms with Crippen molar-refractivity contribution in [3.05, 3.63) is 54.1 Å². The van der Waals surface area contributed by atoms with Gasteiger partial charge in [0, 0.05) is 0 Å². The first-order valence-electron chi connectivity index (χ1n) is 5.89. The molecule has 4 heteroatoms. The molecule has 0 saturated heterocycles. The predicted octanol–water partition coefficient (Wildman–Crippen LogP) is 3.15. The van der Waals surface area contributed by atoms with Crippen LogP contribution in [0.1, 0.15) is 5.56 Å². The summed E-state index contributed by atoms with van der Waals surface area (Å²) in [6.07, 6.45) is 1.75. The second-order valence-electron chi connectivity index (χ2n) is 3.87. The van der Waals surface area contributed by atoms with Crippen molar-refractivity contribution in [2.24, 2.45) is 5.10 Å². The van der Waals surface area contributed by atoms with Gasteiger partial charge in [-0.1, -0.05) is 0 Å². The van der Waals surface area contributed by atoms with Gasteiger partial charge < -0.3 is 9.47 Å². The molecular weight excluding hydrogens is 240 g/mol. The molecule has 0 aliphatic carbocycles. The van der Waals surface area contributed by atoms with Crippen LogP contribution in [-0.4, -0.2) is 20.4 Å². The predicted molar refractivity (Wildman–Crippen MR) is 77.2 cm³/mol. The standard InChI is InChI=1S/C15H16N2O2/c1-18-14-7-3-12(4-8-14)11-16-17-13-5-9-15(19-2)10-6-13/h3-11,17H,1-2H3/b16-11+. The monoisotopic (exact) mass is 256 g/mol. The van der Waals surface area contributed by atoms with Crippen molar-refractivity contribution in [1.29, 1.82) is 0 Å². The average molecular weight is 256 g/mol. The highest BCUT2D eigenvalue weighted by molar-refractivity contribution is 5.80. The summed E-state index contributed by atoms with van der Waals surface area (Å²) in [5.41, 5.74) is 4.87. The molecule has 0 unspecified atom stereocenters. The van der Waals surface area contributed by atoms with Crippen LogP contribution in [0.3, 0.4) is 0 Å². The highest BCUT2D eigenvalue weighted by Crippen LogP contribution is 2.15. The van der Waals surface area contributed by atoms with Crippen LogP contribution in [0.25, 0.3) is 0 Å². The van der Waals surface area contributed by atoms with E-state index in [9.17, 15) is 0 Å². The van der Waals surface area contributed by atoms with Crippen LogP contribution < -0.4 is 14.9 Å². The fourth-order valence-corrected chi connectivity index (χ4v) is 1.54. The van der Waals surface area contributed by atoms with Crippen molar-refractivity contribution >= 4 is 11.9 Å². The zero-order valence-corrected chi connectivity index (χ0v) is 11.0. The molecule has 0 amide bonds. The van der Waals surface area contributed by atoms with E-state index in [0.29, 0.717) is 0 Å². The van der Waals surface area contributed by atoms with Crippen molar-refractivity contribution in [1.82, 2.24) is 0 Å². The molecule has 98 valence electrons. The van der Waals surface area contributed by atoms with Gasteiger partial charge in [0.15, 0.2) is 0 Å². The van der Waals surface area contributed by atoms with E-state index in [0.717, 1.165) is 22.7 Å². The molecule has 0 saturated carbocycles. The summed E-state index contributed by atoms with van der Waals surface area (Å²) in [4.78, 5) is 0. The van der Waals surface area contributed by atoms with Crippen molar-refractivity contribution in [2.75, 3.05) is 19.6 Å². The minimum absolute atomic E-state index is 0.824. The lowest BCUT2D eigenvalue weighted by Gasteiger charge is -2.02. The van der Waals surface area contributed by atoms with Gasteiger partial charge in [-0.3, -0.25) is 5.43 Å². The number of hydrazone groups is 1. The second kappa shape index (κ2) is 6.44. The average Bonchev–Trinajstić information content (AvgIpc) is 2.49. The summed E-state index contributed by atoms with van der Waals surface area (Å²) in [6.45, 7) is 0. The Balaban J connectivity index is 1.94. The van der Waals surface area contributed by atoms with E-state index >= 15 is 0 Å². The van der Waals surface area contributed by atoms with E-state index in [2.05, 4.69) is 10.5 Å². The van der Waals surface area contributed by atoms with Gasteiger partial charge in [-0.05, 0) is 54.1 Å². The van der Waals surface area contributed by atoms with Crippen LogP contribution in [-0.2, 0) is 0 Å². The number of nitrogens with zero attached hydrogens (tertiary/aromatic N) is 1. The number of hydrogen-bond donors (Lipinski definition) is 1. The zero-order valence-electron chi connectivity index (χ0n) is 11.0. The molecule has 0 aliphatic heterocycles. The summed E-state index contributed by atoms with van der Waals surface area (Å²) in [5.74, 6) is 1.66. The quantitative estimate of drug-likeness (QED) is 0.660. The number of methoxy groups -OCH3 is 2. The lowest BCUT2D eigenvalue weighted by Crippen LogP contribution is -1.91. The summed E-state index contributed by atoms with van der Waals surface area (Å²) < 4.78 is 10.2. The zero-order chi connectivity index (χ0) is 13.5. The first-order chi connectivity index (χ1) is 9.31. The molecule has 2 aromatic rings. The van der Waals surface area contributed by atoms with Gasteiger partial charge in [0.25, 0.3) is 0 Å². The largest absolute Gasteiger partial charge is 0.497 e. The molecule has 1 N–H and O–H groups in total. The first-order valence-corrected chi connectivity index (χ1v) is 5.89. The molecule has 4 nitrogen and oxygen atoms in total. The highest BCUT2D eigenvalue weighted by atomic mass is 16.5. The van der Waals surface area contributed by atoms with Gasteiger partial charge in [0.2, 0.25) is 0 Å². The number of benzene rings is 2. The fraction of sp³-hybridized carbons (Fsp3) is 0.133. The number of ether oxygens (including phenoxy) is 2. The Morgan fingerprint density at radius 1 is 0.842 bits per heavy atom. The maximum Gasteiger partial charge on any atom is 0.119 e. The number of hydrogen-bond acceptors (Lipinski definition) is 4. The lowest BCUT2D eigenvalue weighted by atomic mass is 10.2. The van der Waals surface area contributed by atoms with Crippen LogP contribution in [0.5, 0.6) is 11.5 Å². The lowest BCUT2D eigenvalue weighted by molar-refractivity contribution is 0.414. The SMILES string of the molecule is COc1ccc(/C=N/Nc2ccc(OC)cc2)cc1. The van der Waals surface area contributed by atoms with E-state index in [1.165, 1.54) is 0 Å². The summed E-state index contributed by atoms with van der Waals surface area (Å²) in [5, 5.41) is 4.17. The molecule has 0 radical (unpaired) electrons. The third-order valence-corrected chi connectivity index (χ3v) is 2.61. The van der Waals surface area contributed by atoms with E-state index in [-0.39, 0.29) is 0 Å². The second-order valence-corrected chi connectivity index (χ2v) is 3.87. The number of anilines is 1. The normalized spacial score (nSPS) is 10.4. The van der Waals surface area contributed by atoms with Crippen molar-refractivity contribution in [3.8, 4) is 11.5 Å². The Morgan fingerprint density at radius 3 is 1.89 bits per heavy atom. The molecular formula is C15H16N2O2. The molecule has 0 aliphatic rings. The van der Waals surface area contributed by atoms with Crippen LogP contribution in [0, 0.1) is 0 Å². The maximum absolute atomic E-state index is 5.09. The van der Waals surface area contributed by atoms with Gasteiger partial charge in [-0.2, -0.15) is 5.10 Å².